The smallest absolute Gasteiger partial charge is 0.358 e. The third-order valence-electron chi connectivity index (χ3n) is 4.61. The maximum Gasteiger partial charge on any atom is 0.432 e. The Morgan fingerprint density at radius 2 is 2.12 bits per heavy atom. The molecule has 4 rings (SSSR count). The minimum atomic E-state index is -4.55. The highest BCUT2D eigenvalue weighted by molar-refractivity contribution is 5.94. The Bertz CT molecular complexity index is 970. The molecule has 25 heavy (non-hydrogen) atoms. The van der Waals surface area contributed by atoms with Crippen LogP contribution in [0.5, 0.6) is 0 Å². The molecule has 1 aromatic carbocycles. The number of amides is 1. The number of nitrogens with one attached hydrogen (secondary N) is 2. The predicted octanol–water partition coefficient (Wildman–Crippen LogP) is 3.42. The van der Waals surface area contributed by atoms with Gasteiger partial charge in [0, 0.05) is 47.7 Å². The van der Waals surface area contributed by atoms with Gasteiger partial charge in [0.25, 0.3) is 5.91 Å². The van der Waals surface area contributed by atoms with Crippen LogP contribution in [0.2, 0.25) is 0 Å². The number of carbonyl (C=O) groups is 1. The first kappa shape index (κ1) is 15.7. The van der Waals surface area contributed by atoms with E-state index in [2.05, 4.69) is 10.1 Å². The lowest BCUT2D eigenvalue weighted by molar-refractivity contribution is -0.141. The van der Waals surface area contributed by atoms with Crippen molar-refractivity contribution in [3.8, 4) is 0 Å². The van der Waals surface area contributed by atoms with Crippen LogP contribution in [0, 0.1) is 6.92 Å². The molecular formula is C17H15F3N4O. The van der Waals surface area contributed by atoms with E-state index in [1.54, 1.807) is 0 Å². The molecule has 8 heteroatoms. The molecule has 3 heterocycles. The minimum absolute atomic E-state index is 0.216. The molecule has 3 aromatic rings. The summed E-state index contributed by atoms with van der Waals surface area (Å²) in [6.07, 6.45) is -3.92. The van der Waals surface area contributed by atoms with Crippen molar-refractivity contribution in [1.82, 2.24) is 20.1 Å². The number of halogens is 3. The number of aromatic amines is 2. The molecule has 5 nitrogen and oxygen atoms in total. The Morgan fingerprint density at radius 1 is 1.32 bits per heavy atom. The van der Waals surface area contributed by atoms with E-state index in [4.69, 9.17) is 0 Å². The molecule has 0 unspecified atom stereocenters. The molecule has 0 fully saturated rings. The highest BCUT2D eigenvalue weighted by Crippen LogP contribution is 2.31. The van der Waals surface area contributed by atoms with Crippen molar-refractivity contribution in [2.45, 2.75) is 26.1 Å². The summed E-state index contributed by atoms with van der Waals surface area (Å²) in [5.41, 5.74) is 3.02. The Hall–Kier alpha value is -2.77. The van der Waals surface area contributed by atoms with Gasteiger partial charge in [0.15, 0.2) is 5.69 Å². The summed E-state index contributed by atoms with van der Waals surface area (Å²) in [7, 11) is 0. The number of benzene rings is 1. The molecule has 0 bridgehead atoms. The number of aromatic nitrogens is 3. The lowest BCUT2D eigenvalue weighted by Gasteiger charge is -2.26. The first-order valence-corrected chi connectivity index (χ1v) is 7.85. The number of aryl methyl sites for hydroxylation is 1. The van der Waals surface area contributed by atoms with Crippen LogP contribution in [0.4, 0.5) is 13.2 Å². The van der Waals surface area contributed by atoms with Crippen LogP contribution in [0.3, 0.4) is 0 Å². The second-order valence-corrected chi connectivity index (χ2v) is 6.22. The monoisotopic (exact) mass is 348 g/mol. The largest absolute Gasteiger partial charge is 0.432 e. The number of carbonyl (C=O) groups excluding carboxylic acids is 1. The summed E-state index contributed by atoms with van der Waals surface area (Å²) in [5.74, 6) is -0.501. The number of hydrogen-bond donors (Lipinski definition) is 2. The SMILES string of the molecule is Cc1cccc2c3c([nH]c12)CCN(C(=O)c1cc(C(F)(F)F)[nH]n1)C3. The minimum Gasteiger partial charge on any atom is -0.358 e. The van der Waals surface area contributed by atoms with Crippen molar-refractivity contribution < 1.29 is 18.0 Å². The number of H-pyrrole nitrogens is 2. The van der Waals surface area contributed by atoms with Gasteiger partial charge in [-0.05, 0) is 12.5 Å². The van der Waals surface area contributed by atoms with Crippen molar-refractivity contribution in [3.05, 3.63) is 52.5 Å². The fraction of sp³-hybridized carbons (Fsp3) is 0.294. The molecule has 0 atom stereocenters. The van der Waals surface area contributed by atoms with Crippen molar-refractivity contribution in [2.24, 2.45) is 0 Å². The standard InChI is InChI=1S/C17H15F3N4O/c1-9-3-2-4-10-11-8-24(6-5-12(11)21-15(9)10)16(25)13-7-14(23-22-13)17(18,19)20/h2-4,7,21H,5-6,8H2,1H3,(H,22,23). The summed E-state index contributed by atoms with van der Waals surface area (Å²) >= 11 is 0. The molecule has 1 aliphatic rings. The summed E-state index contributed by atoms with van der Waals surface area (Å²) in [5, 5.41) is 6.47. The normalized spacial score (nSPS) is 14.8. The van der Waals surface area contributed by atoms with Gasteiger partial charge in [-0.15, -0.1) is 0 Å². The Kier molecular flexibility index (Phi) is 3.38. The van der Waals surface area contributed by atoms with Crippen LogP contribution in [0.25, 0.3) is 10.9 Å². The number of rotatable bonds is 1. The first-order chi connectivity index (χ1) is 11.8. The quantitative estimate of drug-likeness (QED) is 0.708. The van der Waals surface area contributed by atoms with E-state index in [-0.39, 0.29) is 5.69 Å². The second-order valence-electron chi connectivity index (χ2n) is 6.22. The third-order valence-corrected chi connectivity index (χ3v) is 4.61. The van der Waals surface area contributed by atoms with Crippen LogP contribution in [-0.2, 0) is 19.1 Å². The van der Waals surface area contributed by atoms with Gasteiger partial charge < -0.3 is 9.88 Å². The fourth-order valence-corrected chi connectivity index (χ4v) is 3.30. The van der Waals surface area contributed by atoms with E-state index in [1.807, 2.05) is 30.2 Å². The van der Waals surface area contributed by atoms with Gasteiger partial charge in [0.1, 0.15) is 5.69 Å². The van der Waals surface area contributed by atoms with Gasteiger partial charge in [0.2, 0.25) is 0 Å². The lowest BCUT2D eigenvalue weighted by atomic mass is 10.0. The maximum atomic E-state index is 12.7. The summed E-state index contributed by atoms with van der Waals surface area (Å²) in [4.78, 5) is 17.5. The van der Waals surface area contributed by atoms with Crippen LogP contribution in [-0.4, -0.2) is 32.5 Å². The lowest BCUT2D eigenvalue weighted by Crippen LogP contribution is -2.36. The van der Waals surface area contributed by atoms with Crippen molar-refractivity contribution in [1.29, 1.82) is 0 Å². The Balaban J connectivity index is 1.64. The molecule has 0 spiro atoms. The molecule has 0 saturated carbocycles. The van der Waals surface area contributed by atoms with Crippen molar-refractivity contribution in [2.75, 3.05) is 6.54 Å². The Morgan fingerprint density at radius 3 is 2.84 bits per heavy atom. The van der Waals surface area contributed by atoms with Crippen LogP contribution < -0.4 is 0 Å². The highest BCUT2D eigenvalue weighted by atomic mass is 19.4. The molecular weight excluding hydrogens is 333 g/mol. The summed E-state index contributed by atoms with van der Waals surface area (Å²) in [6.45, 7) is 2.80. The zero-order valence-corrected chi connectivity index (χ0v) is 13.4. The average Bonchev–Trinajstić information content (AvgIpc) is 3.19. The molecule has 130 valence electrons. The van der Waals surface area contributed by atoms with E-state index in [9.17, 15) is 18.0 Å². The summed E-state index contributed by atoms with van der Waals surface area (Å²) in [6, 6.07) is 6.71. The van der Waals surface area contributed by atoms with Gasteiger partial charge in [-0.2, -0.15) is 18.3 Å². The number of alkyl halides is 3. The van der Waals surface area contributed by atoms with Gasteiger partial charge >= 0.3 is 6.18 Å². The maximum absolute atomic E-state index is 12.7. The molecule has 0 aliphatic carbocycles. The van der Waals surface area contributed by atoms with Crippen LogP contribution in [0.1, 0.15) is 33.0 Å². The van der Waals surface area contributed by atoms with Gasteiger partial charge in [0.05, 0.1) is 0 Å². The number of hydrogen-bond acceptors (Lipinski definition) is 2. The Labute approximate surface area is 140 Å². The first-order valence-electron chi connectivity index (χ1n) is 7.85. The number of nitrogens with zero attached hydrogens (tertiary/aromatic N) is 2. The van der Waals surface area contributed by atoms with Crippen LogP contribution >= 0.6 is 0 Å². The molecule has 1 amide bonds. The molecule has 0 radical (unpaired) electrons. The van der Waals surface area contributed by atoms with Gasteiger partial charge in [-0.3, -0.25) is 9.89 Å². The van der Waals surface area contributed by atoms with E-state index in [1.165, 1.54) is 4.90 Å². The summed E-state index contributed by atoms with van der Waals surface area (Å²) < 4.78 is 38.0. The zero-order chi connectivity index (χ0) is 17.8. The van der Waals surface area contributed by atoms with Gasteiger partial charge in [-0.25, -0.2) is 0 Å². The van der Waals surface area contributed by atoms with E-state index in [0.29, 0.717) is 19.5 Å². The molecule has 2 N–H and O–H groups in total. The molecule has 2 aromatic heterocycles. The van der Waals surface area contributed by atoms with Crippen molar-refractivity contribution in [3.63, 3.8) is 0 Å². The van der Waals surface area contributed by atoms with E-state index < -0.39 is 17.8 Å². The topological polar surface area (TPSA) is 64.8 Å². The van der Waals surface area contributed by atoms with Crippen molar-refractivity contribution >= 4 is 16.8 Å². The zero-order valence-electron chi connectivity index (χ0n) is 13.4. The third kappa shape index (κ3) is 2.57. The average molecular weight is 348 g/mol. The fourth-order valence-electron chi connectivity index (χ4n) is 3.30. The van der Waals surface area contributed by atoms with E-state index >= 15 is 0 Å². The van der Waals surface area contributed by atoms with Crippen LogP contribution in [0.15, 0.2) is 24.3 Å². The second kappa shape index (κ2) is 5.37. The molecule has 1 aliphatic heterocycles. The number of fused-ring (bicyclic) bond motifs is 3. The highest BCUT2D eigenvalue weighted by Gasteiger charge is 2.35. The van der Waals surface area contributed by atoms with Gasteiger partial charge in [-0.1, -0.05) is 18.2 Å². The number of para-hydroxylation sites is 1. The predicted molar refractivity (Wildman–Crippen MR) is 85.1 cm³/mol. The molecule has 0 saturated heterocycles. The van der Waals surface area contributed by atoms with E-state index in [0.717, 1.165) is 33.8 Å².